The second-order valence-electron chi connectivity index (χ2n) is 8.45. The molecule has 10 nitrogen and oxygen atoms in total. The number of aromatic nitrogens is 7. The van der Waals surface area contributed by atoms with Crippen molar-refractivity contribution in [3.63, 3.8) is 0 Å². The van der Waals surface area contributed by atoms with Gasteiger partial charge >= 0.3 is 0 Å². The first-order valence-electron chi connectivity index (χ1n) is 11.2. The lowest BCUT2D eigenvalue weighted by atomic mass is 10.0. The largest absolute Gasteiger partial charge is 0.366 e. The number of para-hydroxylation sites is 1. The second kappa shape index (κ2) is 9.32. The van der Waals surface area contributed by atoms with Crippen molar-refractivity contribution in [2.45, 2.75) is 18.9 Å². The van der Waals surface area contributed by atoms with E-state index in [0.717, 1.165) is 53.8 Å². The number of amides is 1. The van der Waals surface area contributed by atoms with Gasteiger partial charge in [0.1, 0.15) is 11.4 Å². The molecule has 11 heteroatoms. The average molecular weight is 490 g/mol. The van der Waals surface area contributed by atoms with Crippen LogP contribution in [0.25, 0.3) is 39.1 Å². The van der Waals surface area contributed by atoms with Crippen LogP contribution < -0.4 is 11.1 Å². The van der Waals surface area contributed by atoms with E-state index in [1.165, 1.54) is 0 Å². The Balaban J connectivity index is 0.00000253. The maximum Gasteiger partial charge on any atom is 0.249 e. The highest BCUT2D eigenvalue weighted by molar-refractivity contribution is 6.00. The fourth-order valence-corrected chi connectivity index (χ4v) is 4.53. The van der Waals surface area contributed by atoms with Crippen molar-refractivity contribution in [3.8, 4) is 28.2 Å². The molecule has 1 aliphatic heterocycles. The zero-order valence-electron chi connectivity index (χ0n) is 18.8. The van der Waals surface area contributed by atoms with Crippen molar-refractivity contribution < 1.29 is 4.79 Å². The summed E-state index contributed by atoms with van der Waals surface area (Å²) < 4.78 is 3.66. The minimum Gasteiger partial charge on any atom is -0.366 e. The quantitative estimate of drug-likeness (QED) is 0.347. The van der Waals surface area contributed by atoms with E-state index < -0.39 is 5.91 Å². The van der Waals surface area contributed by atoms with Crippen LogP contribution in [0.3, 0.4) is 0 Å². The zero-order chi connectivity index (χ0) is 23.1. The van der Waals surface area contributed by atoms with Crippen molar-refractivity contribution >= 4 is 29.2 Å². The summed E-state index contributed by atoms with van der Waals surface area (Å²) >= 11 is 0. The summed E-state index contributed by atoms with van der Waals surface area (Å²) in [4.78, 5) is 12.2. The number of hydrogen-bond donors (Lipinski definition) is 3. The molecule has 0 atom stereocenters. The standard InChI is InChI=1S/C24H23N9O.ClH/c25-24(34)18-6-5-17(11-20(18)15-12-27-32(13-15)16-7-9-26-10-8-16)33-14-22(29-31-33)23-19-3-1-2-4-21(19)28-30-23;/h1-6,11-14,16,26H,7-10H2,(H2,25,34)(H,28,30);1H. The number of nitrogens with one attached hydrogen (secondary N) is 2. The van der Waals surface area contributed by atoms with E-state index in [1.807, 2.05) is 53.5 Å². The molecule has 0 radical (unpaired) electrons. The van der Waals surface area contributed by atoms with Crippen molar-refractivity contribution in [1.82, 2.24) is 40.3 Å². The lowest BCUT2D eigenvalue weighted by Crippen LogP contribution is -2.29. The third-order valence-electron chi connectivity index (χ3n) is 6.33. The summed E-state index contributed by atoms with van der Waals surface area (Å²) in [5, 5.41) is 25.0. The Morgan fingerprint density at radius 1 is 1.09 bits per heavy atom. The highest BCUT2D eigenvalue weighted by Gasteiger charge is 2.19. The van der Waals surface area contributed by atoms with Crippen molar-refractivity contribution in [3.05, 3.63) is 66.6 Å². The number of aromatic amines is 1. The number of benzene rings is 2. The maximum atomic E-state index is 12.2. The zero-order valence-corrected chi connectivity index (χ0v) is 19.6. The first-order chi connectivity index (χ1) is 16.7. The van der Waals surface area contributed by atoms with Gasteiger partial charge in [-0.3, -0.25) is 14.6 Å². The molecule has 3 aromatic heterocycles. The van der Waals surface area contributed by atoms with Gasteiger partial charge in [-0.1, -0.05) is 23.4 Å². The smallest absolute Gasteiger partial charge is 0.249 e. The highest BCUT2D eigenvalue weighted by atomic mass is 35.5. The predicted molar refractivity (Wildman–Crippen MR) is 135 cm³/mol. The normalized spacial score (nSPS) is 14.2. The molecule has 35 heavy (non-hydrogen) atoms. The van der Waals surface area contributed by atoms with Gasteiger partial charge in [-0.25, -0.2) is 4.68 Å². The van der Waals surface area contributed by atoms with Gasteiger partial charge in [0, 0.05) is 22.7 Å². The predicted octanol–water partition coefficient (Wildman–Crippen LogP) is 3.12. The molecule has 4 N–H and O–H groups in total. The fourth-order valence-electron chi connectivity index (χ4n) is 4.53. The van der Waals surface area contributed by atoms with E-state index in [-0.39, 0.29) is 12.4 Å². The minimum atomic E-state index is -0.488. The van der Waals surface area contributed by atoms with Gasteiger partial charge in [0.25, 0.3) is 0 Å². The van der Waals surface area contributed by atoms with Crippen molar-refractivity contribution in [1.29, 1.82) is 0 Å². The van der Waals surface area contributed by atoms with Crippen LogP contribution in [0.2, 0.25) is 0 Å². The number of piperidine rings is 1. The van der Waals surface area contributed by atoms with Crippen LogP contribution in [0.5, 0.6) is 0 Å². The van der Waals surface area contributed by atoms with Crippen LogP contribution in [0.4, 0.5) is 0 Å². The van der Waals surface area contributed by atoms with Gasteiger partial charge in [-0.15, -0.1) is 17.5 Å². The van der Waals surface area contributed by atoms with E-state index in [4.69, 9.17) is 5.73 Å². The molecule has 1 saturated heterocycles. The number of hydrogen-bond acceptors (Lipinski definition) is 6. The van der Waals surface area contributed by atoms with E-state index in [2.05, 4.69) is 30.9 Å². The van der Waals surface area contributed by atoms with Crippen LogP contribution in [-0.4, -0.2) is 54.0 Å². The van der Waals surface area contributed by atoms with E-state index in [0.29, 0.717) is 22.9 Å². The molecule has 1 amide bonds. The molecular formula is C24H24ClN9O. The molecule has 0 bridgehead atoms. The first kappa shape index (κ1) is 22.8. The number of rotatable bonds is 5. The lowest BCUT2D eigenvalue weighted by molar-refractivity contribution is 0.100. The van der Waals surface area contributed by atoms with E-state index in [1.54, 1.807) is 16.9 Å². The van der Waals surface area contributed by atoms with Crippen LogP contribution in [0.1, 0.15) is 29.2 Å². The lowest BCUT2D eigenvalue weighted by Gasteiger charge is -2.22. The summed E-state index contributed by atoms with van der Waals surface area (Å²) in [5.74, 6) is -0.488. The monoisotopic (exact) mass is 489 g/mol. The molecule has 5 aromatic rings. The Labute approximate surface area is 206 Å². The van der Waals surface area contributed by atoms with Gasteiger partial charge in [-0.05, 0) is 55.8 Å². The Morgan fingerprint density at radius 3 is 2.74 bits per heavy atom. The first-order valence-corrected chi connectivity index (χ1v) is 11.2. The molecule has 1 fully saturated rings. The van der Waals surface area contributed by atoms with Crippen molar-refractivity contribution in [2.24, 2.45) is 5.73 Å². The third kappa shape index (κ3) is 4.17. The number of nitrogens with zero attached hydrogens (tertiary/aromatic N) is 6. The summed E-state index contributed by atoms with van der Waals surface area (Å²) in [6.45, 7) is 1.95. The average Bonchev–Trinajstić information content (AvgIpc) is 3.63. The van der Waals surface area contributed by atoms with Gasteiger partial charge in [0.05, 0.1) is 29.6 Å². The maximum absolute atomic E-state index is 12.2. The van der Waals surface area contributed by atoms with Gasteiger partial charge in [-0.2, -0.15) is 10.2 Å². The fraction of sp³-hybridized carbons (Fsp3) is 0.208. The molecule has 178 valence electrons. The molecule has 1 aliphatic rings. The topological polar surface area (TPSA) is 132 Å². The molecular weight excluding hydrogens is 466 g/mol. The summed E-state index contributed by atoms with van der Waals surface area (Å²) in [5.41, 5.74) is 10.8. The van der Waals surface area contributed by atoms with Crippen LogP contribution in [-0.2, 0) is 0 Å². The van der Waals surface area contributed by atoms with E-state index in [9.17, 15) is 4.79 Å². The Bertz CT molecular complexity index is 1500. The highest BCUT2D eigenvalue weighted by Crippen LogP contribution is 2.29. The molecule has 6 rings (SSSR count). The number of nitrogens with two attached hydrogens (primary N) is 1. The number of H-pyrrole nitrogens is 1. The second-order valence-corrected chi connectivity index (χ2v) is 8.45. The van der Waals surface area contributed by atoms with Crippen molar-refractivity contribution in [2.75, 3.05) is 13.1 Å². The molecule has 0 spiro atoms. The number of carbonyl (C=O) groups is 1. The number of halogens is 1. The van der Waals surface area contributed by atoms with Gasteiger partial charge < -0.3 is 11.1 Å². The Hall–Kier alpha value is -4.02. The number of fused-ring (bicyclic) bond motifs is 1. The van der Waals surface area contributed by atoms with Crippen LogP contribution in [0, 0.1) is 0 Å². The SMILES string of the molecule is Cl.NC(=O)c1ccc(-n2cc(-c3n[nH]c4ccccc34)nn2)cc1-c1cnn(C2CCNCC2)c1. The van der Waals surface area contributed by atoms with Gasteiger partial charge in [0.2, 0.25) is 5.91 Å². The summed E-state index contributed by atoms with van der Waals surface area (Å²) in [7, 11) is 0. The molecule has 2 aromatic carbocycles. The molecule has 0 unspecified atom stereocenters. The molecule has 0 saturated carbocycles. The van der Waals surface area contributed by atoms with Crippen LogP contribution in [0.15, 0.2) is 61.1 Å². The Morgan fingerprint density at radius 2 is 1.91 bits per heavy atom. The summed E-state index contributed by atoms with van der Waals surface area (Å²) in [6, 6.07) is 13.6. The molecule has 4 heterocycles. The van der Waals surface area contributed by atoms with Crippen LogP contribution >= 0.6 is 12.4 Å². The van der Waals surface area contributed by atoms with Gasteiger partial charge in [0.15, 0.2) is 0 Å². The minimum absolute atomic E-state index is 0. The number of carbonyl (C=O) groups excluding carboxylic acids is 1. The summed E-state index contributed by atoms with van der Waals surface area (Å²) in [6.07, 6.45) is 7.64. The van der Waals surface area contributed by atoms with E-state index >= 15 is 0 Å². The number of primary amides is 1. The third-order valence-corrected chi connectivity index (χ3v) is 6.33. The Kier molecular flexibility index (Phi) is 6.06. The molecule has 0 aliphatic carbocycles.